The Morgan fingerprint density at radius 1 is 1.08 bits per heavy atom. The summed E-state index contributed by atoms with van der Waals surface area (Å²) in [6.07, 6.45) is 1.18. The summed E-state index contributed by atoms with van der Waals surface area (Å²) < 4.78 is 5.47. The molecule has 1 spiro atoms. The standard InChI is InChI=1S/C24H29ClN8O4/c1-23(2,3)37-21(36)14-7-5-4-6-13(14)20(35)33-10-8-24(9-11-33)12-28-22(32-24)31-19(34)15-17(26)30-18(27)16(25)29-15/h4-7H,8-12H2,1-3H3,(H4,26,27,30)(H2,28,31,32,34). The number of benzene rings is 1. The molecule has 12 nitrogen and oxygen atoms in total. The van der Waals surface area contributed by atoms with Gasteiger partial charge in [0.1, 0.15) is 5.60 Å². The molecule has 1 aromatic heterocycles. The van der Waals surface area contributed by atoms with Gasteiger partial charge in [0, 0.05) is 13.1 Å². The molecule has 0 bridgehead atoms. The number of nitrogens with two attached hydrogens (primary N) is 2. The Bertz CT molecular complexity index is 1280. The van der Waals surface area contributed by atoms with Crippen LogP contribution in [-0.4, -0.2) is 69.4 Å². The summed E-state index contributed by atoms with van der Waals surface area (Å²) in [6, 6.07) is 6.65. The number of aromatic nitrogens is 2. The minimum Gasteiger partial charge on any atom is -0.456 e. The van der Waals surface area contributed by atoms with Crippen molar-refractivity contribution < 1.29 is 19.1 Å². The van der Waals surface area contributed by atoms with Gasteiger partial charge in [0.15, 0.2) is 28.4 Å². The lowest BCUT2D eigenvalue weighted by Crippen LogP contribution is -2.57. The maximum atomic E-state index is 13.3. The molecule has 0 atom stereocenters. The second-order valence-corrected chi connectivity index (χ2v) is 10.4. The van der Waals surface area contributed by atoms with Crippen molar-refractivity contribution in [2.75, 3.05) is 31.1 Å². The van der Waals surface area contributed by atoms with Crippen LogP contribution in [0.1, 0.15) is 64.8 Å². The first-order valence-electron chi connectivity index (χ1n) is 11.7. The zero-order valence-corrected chi connectivity index (χ0v) is 21.6. The zero-order chi connectivity index (χ0) is 27.0. The largest absolute Gasteiger partial charge is 0.456 e. The molecule has 37 heavy (non-hydrogen) atoms. The third kappa shape index (κ3) is 5.74. The number of carbonyl (C=O) groups excluding carboxylic acids is 3. The SMILES string of the molecule is CC(C)(C)OC(=O)c1ccccc1C(=O)N1CCC2(CC1)CN=C(NC(=O)c1nc(Cl)c(N)nc1N)N2. The molecule has 2 aromatic rings. The summed E-state index contributed by atoms with van der Waals surface area (Å²) in [5.74, 6) is -1.34. The van der Waals surface area contributed by atoms with Crippen molar-refractivity contribution in [1.29, 1.82) is 0 Å². The second kappa shape index (κ2) is 9.85. The normalized spacial score (nSPS) is 16.6. The molecule has 0 saturated carbocycles. The van der Waals surface area contributed by atoms with E-state index in [0.717, 1.165) is 0 Å². The minimum atomic E-state index is -0.676. The van der Waals surface area contributed by atoms with Crippen LogP contribution in [0.15, 0.2) is 29.3 Å². The number of likely N-dealkylation sites (tertiary alicyclic amines) is 1. The Hall–Kier alpha value is -3.93. The van der Waals surface area contributed by atoms with Gasteiger partial charge in [-0.3, -0.25) is 19.9 Å². The van der Waals surface area contributed by atoms with Crippen LogP contribution in [0.4, 0.5) is 11.6 Å². The number of nitrogen functional groups attached to an aromatic ring is 2. The Labute approximate surface area is 218 Å². The van der Waals surface area contributed by atoms with Crippen molar-refractivity contribution in [1.82, 2.24) is 25.5 Å². The predicted molar refractivity (Wildman–Crippen MR) is 138 cm³/mol. The summed E-state index contributed by atoms with van der Waals surface area (Å²) in [5.41, 5.74) is 10.6. The number of hydrogen-bond donors (Lipinski definition) is 4. The number of hydrogen-bond acceptors (Lipinski definition) is 10. The highest BCUT2D eigenvalue weighted by molar-refractivity contribution is 6.31. The molecule has 196 valence electrons. The van der Waals surface area contributed by atoms with Gasteiger partial charge in [0.25, 0.3) is 11.8 Å². The molecular weight excluding hydrogens is 500 g/mol. The second-order valence-electron chi connectivity index (χ2n) is 10.00. The van der Waals surface area contributed by atoms with Crippen molar-refractivity contribution in [3.05, 3.63) is 46.2 Å². The Kier molecular flexibility index (Phi) is 6.96. The molecule has 1 aromatic carbocycles. The molecule has 0 radical (unpaired) electrons. The molecule has 1 saturated heterocycles. The maximum Gasteiger partial charge on any atom is 0.339 e. The van der Waals surface area contributed by atoms with E-state index >= 15 is 0 Å². The topological polar surface area (TPSA) is 178 Å². The quantitative estimate of drug-likeness (QED) is 0.430. The van der Waals surface area contributed by atoms with E-state index in [4.69, 9.17) is 27.8 Å². The van der Waals surface area contributed by atoms with Crippen LogP contribution in [0, 0.1) is 0 Å². The number of rotatable bonds is 3. The number of guanidine groups is 1. The van der Waals surface area contributed by atoms with Gasteiger partial charge in [0.05, 0.1) is 23.2 Å². The van der Waals surface area contributed by atoms with Crippen LogP contribution in [0.2, 0.25) is 5.15 Å². The number of piperidine rings is 1. The van der Waals surface area contributed by atoms with E-state index in [1.165, 1.54) is 0 Å². The fraction of sp³-hybridized carbons (Fsp3) is 0.417. The monoisotopic (exact) mass is 528 g/mol. The third-order valence-corrected chi connectivity index (χ3v) is 6.34. The van der Waals surface area contributed by atoms with Crippen LogP contribution < -0.4 is 22.1 Å². The summed E-state index contributed by atoms with van der Waals surface area (Å²) in [4.78, 5) is 52.4. The summed E-state index contributed by atoms with van der Waals surface area (Å²) >= 11 is 5.86. The van der Waals surface area contributed by atoms with E-state index in [2.05, 4.69) is 25.6 Å². The number of anilines is 2. The predicted octanol–water partition coefficient (Wildman–Crippen LogP) is 1.61. The molecule has 6 N–H and O–H groups in total. The van der Waals surface area contributed by atoms with Gasteiger partial charge in [-0.25, -0.2) is 14.8 Å². The number of halogens is 1. The molecule has 0 unspecified atom stereocenters. The first-order chi connectivity index (χ1) is 17.4. The van der Waals surface area contributed by atoms with Crippen LogP contribution in [0.25, 0.3) is 0 Å². The third-order valence-electron chi connectivity index (χ3n) is 6.06. The van der Waals surface area contributed by atoms with Gasteiger partial charge in [0.2, 0.25) is 0 Å². The summed E-state index contributed by atoms with van der Waals surface area (Å²) in [6.45, 7) is 6.64. The molecule has 2 aliphatic heterocycles. The van der Waals surface area contributed by atoms with Crippen molar-refractivity contribution in [3.63, 3.8) is 0 Å². The Balaban J connectivity index is 1.37. The van der Waals surface area contributed by atoms with E-state index in [9.17, 15) is 14.4 Å². The Morgan fingerprint density at radius 2 is 1.73 bits per heavy atom. The lowest BCUT2D eigenvalue weighted by Gasteiger charge is -2.39. The van der Waals surface area contributed by atoms with E-state index in [1.807, 2.05) is 0 Å². The van der Waals surface area contributed by atoms with Crippen molar-refractivity contribution >= 4 is 47.0 Å². The molecule has 4 rings (SSSR count). The molecule has 13 heteroatoms. The van der Waals surface area contributed by atoms with Crippen LogP contribution in [0.5, 0.6) is 0 Å². The van der Waals surface area contributed by atoms with E-state index in [1.54, 1.807) is 49.9 Å². The van der Waals surface area contributed by atoms with E-state index in [0.29, 0.717) is 38.0 Å². The van der Waals surface area contributed by atoms with Crippen LogP contribution in [-0.2, 0) is 4.74 Å². The lowest BCUT2D eigenvalue weighted by atomic mass is 9.88. The molecule has 2 amide bonds. The number of nitrogens with one attached hydrogen (secondary N) is 2. The van der Waals surface area contributed by atoms with Crippen LogP contribution >= 0.6 is 11.6 Å². The van der Waals surface area contributed by atoms with Gasteiger partial charge in [-0.05, 0) is 45.7 Å². The fourth-order valence-electron chi connectivity index (χ4n) is 4.18. The van der Waals surface area contributed by atoms with Crippen molar-refractivity contribution in [3.8, 4) is 0 Å². The van der Waals surface area contributed by atoms with Crippen molar-refractivity contribution in [2.45, 2.75) is 44.8 Å². The lowest BCUT2D eigenvalue weighted by molar-refractivity contribution is 0.00660. The first kappa shape index (κ1) is 26.1. The van der Waals surface area contributed by atoms with Gasteiger partial charge in [-0.1, -0.05) is 23.7 Å². The molecular formula is C24H29ClN8O4. The average Bonchev–Trinajstić information content (AvgIpc) is 3.21. The molecule has 2 aliphatic rings. The van der Waals surface area contributed by atoms with E-state index < -0.39 is 23.0 Å². The average molecular weight is 529 g/mol. The number of ether oxygens (including phenoxy) is 1. The molecule has 3 heterocycles. The highest BCUT2D eigenvalue weighted by Crippen LogP contribution is 2.28. The van der Waals surface area contributed by atoms with Crippen LogP contribution in [0.3, 0.4) is 0 Å². The smallest absolute Gasteiger partial charge is 0.339 e. The van der Waals surface area contributed by atoms with Gasteiger partial charge < -0.3 is 26.4 Å². The first-order valence-corrected chi connectivity index (χ1v) is 12.1. The zero-order valence-electron chi connectivity index (χ0n) is 20.8. The molecule has 1 fully saturated rings. The maximum absolute atomic E-state index is 13.3. The Morgan fingerprint density at radius 3 is 2.38 bits per heavy atom. The highest BCUT2D eigenvalue weighted by Gasteiger charge is 2.40. The molecule has 0 aliphatic carbocycles. The number of esters is 1. The van der Waals surface area contributed by atoms with Crippen molar-refractivity contribution in [2.24, 2.45) is 4.99 Å². The fourth-order valence-corrected chi connectivity index (χ4v) is 4.31. The minimum absolute atomic E-state index is 0.0685. The highest BCUT2D eigenvalue weighted by atomic mass is 35.5. The van der Waals surface area contributed by atoms with Gasteiger partial charge in [-0.15, -0.1) is 0 Å². The number of nitrogens with zero attached hydrogens (tertiary/aromatic N) is 4. The number of carbonyl (C=O) groups is 3. The van der Waals surface area contributed by atoms with E-state index in [-0.39, 0.29) is 39.9 Å². The summed E-state index contributed by atoms with van der Waals surface area (Å²) in [7, 11) is 0. The summed E-state index contributed by atoms with van der Waals surface area (Å²) in [5, 5.41) is 5.78. The number of amides is 2. The van der Waals surface area contributed by atoms with Gasteiger partial charge >= 0.3 is 5.97 Å². The number of aliphatic imine (C=N–C) groups is 1. The van der Waals surface area contributed by atoms with Gasteiger partial charge in [-0.2, -0.15) is 0 Å².